The van der Waals surface area contributed by atoms with Gasteiger partial charge in [-0.3, -0.25) is 0 Å². The van der Waals surface area contributed by atoms with Crippen molar-refractivity contribution in [1.82, 2.24) is 9.78 Å². The number of aromatic nitrogens is 2. The van der Waals surface area contributed by atoms with Crippen LogP contribution in [0.5, 0.6) is 0 Å². The summed E-state index contributed by atoms with van der Waals surface area (Å²) in [6.45, 7) is 2.03. The van der Waals surface area contributed by atoms with Gasteiger partial charge >= 0.3 is 11.9 Å². The van der Waals surface area contributed by atoms with Crippen LogP contribution in [0.25, 0.3) is 5.69 Å². The molecule has 2 rings (SSSR count). The first-order valence-electron chi connectivity index (χ1n) is 6.68. The quantitative estimate of drug-likeness (QED) is 0.852. The Balaban J connectivity index is 2.42. The van der Waals surface area contributed by atoms with Crippen LogP contribution in [0.15, 0.2) is 30.5 Å². The molecule has 0 radical (unpaired) electrons. The number of carboxylic acids is 2. The summed E-state index contributed by atoms with van der Waals surface area (Å²) in [4.78, 5) is 22.1. The van der Waals surface area contributed by atoms with Gasteiger partial charge in [-0.1, -0.05) is 13.3 Å². The lowest BCUT2D eigenvalue weighted by molar-refractivity contribution is 0.0685. The fourth-order valence-corrected chi connectivity index (χ4v) is 2.10. The molecule has 2 N–H and O–H groups in total. The monoisotopic (exact) mass is 288 g/mol. The minimum Gasteiger partial charge on any atom is -0.478 e. The van der Waals surface area contributed by atoms with Crippen LogP contribution in [0.2, 0.25) is 0 Å². The summed E-state index contributed by atoms with van der Waals surface area (Å²) >= 11 is 0. The van der Waals surface area contributed by atoms with E-state index in [1.54, 1.807) is 16.8 Å². The van der Waals surface area contributed by atoms with E-state index >= 15 is 0 Å². The van der Waals surface area contributed by atoms with Crippen LogP contribution >= 0.6 is 0 Å². The first kappa shape index (κ1) is 14.8. The minimum atomic E-state index is -1.01. The Morgan fingerprint density at radius 2 is 1.81 bits per heavy atom. The third-order valence-corrected chi connectivity index (χ3v) is 3.23. The van der Waals surface area contributed by atoms with Crippen molar-refractivity contribution in [2.24, 2.45) is 0 Å². The molecule has 0 aliphatic carbocycles. The minimum absolute atomic E-state index is 0.180. The molecule has 110 valence electrons. The SMILES string of the molecule is CCCCc1c(C(=O)O)cnn1-c1ccc(C(=O)O)cc1. The molecule has 0 unspecified atom stereocenters. The van der Waals surface area contributed by atoms with E-state index in [2.05, 4.69) is 5.10 Å². The smallest absolute Gasteiger partial charge is 0.339 e. The number of hydrogen-bond acceptors (Lipinski definition) is 3. The fourth-order valence-electron chi connectivity index (χ4n) is 2.10. The third-order valence-electron chi connectivity index (χ3n) is 3.23. The van der Waals surface area contributed by atoms with E-state index in [9.17, 15) is 14.7 Å². The van der Waals surface area contributed by atoms with Crippen LogP contribution in [0, 0.1) is 0 Å². The van der Waals surface area contributed by atoms with Gasteiger partial charge in [0.05, 0.1) is 23.1 Å². The van der Waals surface area contributed by atoms with Crippen LogP contribution in [0.1, 0.15) is 46.2 Å². The lowest BCUT2D eigenvalue weighted by Gasteiger charge is -2.08. The van der Waals surface area contributed by atoms with Gasteiger partial charge in [0.25, 0.3) is 0 Å². The fraction of sp³-hybridized carbons (Fsp3) is 0.267. The molecule has 0 aliphatic heterocycles. The molecular formula is C15H16N2O4. The van der Waals surface area contributed by atoms with Gasteiger partial charge in [-0.2, -0.15) is 5.10 Å². The second kappa shape index (κ2) is 6.21. The second-order valence-corrected chi connectivity index (χ2v) is 4.68. The number of aromatic carboxylic acids is 2. The maximum atomic E-state index is 11.2. The summed E-state index contributed by atoms with van der Waals surface area (Å²) < 4.78 is 1.56. The molecule has 1 heterocycles. The van der Waals surface area contributed by atoms with Gasteiger partial charge in [-0.25, -0.2) is 14.3 Å². The molecule has 0 spiro atoms. The van der Waals surface area contributed by atoms with Crippen molar-refractivity contribution in [1.29, 1.82) is 0 Å². The van der Waals surface area contributed by atoms with Crippen LogP contribution in [-0.2, 0) is 6.42 Å². The highest BCUT2D eigenvalue weighted by Crippen LogP contribution is 2.18. The average molecular weight is 288 g/mol. The van der Waals surface area contributed by atoms with Crippen LogP contribution < -0.4 is 0 Å². The lowest BCUT2D eigenvalue weighted by atomic mass is 10.1. The molecule has 1 aromatic heterocycles. The largest absolute Gasteiger partial charge is 0.478 e. The second-order valence-electron chi connectivity index (χ2n) is 4.68. The highest BCUT2D eigenvalue weighted by molar-refractivity contribution is 5.89. The molecule has 1 aromatic carbocycles. The van der Waals surface area contributed by atoms with Crippen molar-refractivity contribution in [2.75, 3.05) is 0 Å². The molecule has 0 bridgehead atoms. The Hall–Kier alpha value is -2.63. The summed E-state index contributed by atoms with van der Waals surface area (Å²) in [6.07, 6.45) is 3.75. The van der Waals surface area contributed by atoms with E-state index < -0.39 is 11.9 Å². The van der Waals surface area contributed by atoms with E-state index in [-0.39, 0.29) is 11.1 Å². The van der Waals surface area contributed by atoms with Gasteiger partial charge in [-0.15, -0.1) is 0 Å². The molecule has 0 saturated heterocycles. The van der Waals surface area contributed by atoms with Crippen molar-refractivity contribution in [3.05, 3.63) is 47.3 Å². The maximum Gasteiger partial charge on any atom is 0.339 e. The Bertz CT molecular complexity index is 659. The van der Waals surface area contributed by atoms with Gasteiger partial charge < -0.3 is 10.2 Å². The van der Waals surface area contributed by atoms with Crippen molar-refractivity contribution < 1.29 is 19.8 Å². The van der Waals surface area contributed by atoms with Crippen molar-refractivity contribution in [3.8, 4) is 5.69 Å². The summed E-state index contributed by atoms with van der Waals surface area (Å²) in [5, 5.41) is 22.2. The van der Waals surface area contributed by atoms with Gasteiger partial charge in [-0.05, 0) is 37.1 Å². The van der Waals surface area contributed by atoms with E-state index in [4.69, 9.17) is 5.11 Å². The van der Waals surface area contributed by atoms with E-state index in [1.807, 2.05) is 6.92 Å². The predicted molar refractivity (Wildman–Crippen MR) is 76.1 cm³/mol. The van der Waals surface area contributed by atoms with E-state index in [0.29, 0.717) is 17.8 Å². The zero-order valence-corrected chi connectivity index (χ0v) is 11.6. The summed E-state index contributed by atoms with van der Waals surface area (Å²) in [7, 11) is 0. The number of carbonyl (C=O) groups is 2. The molecular weight excluding hydrogens is 272 g/mol. The maximum absolute atomic E-state index is 11.2. The Morgan fingerprint density at radius 1 is 1.14 bits per heavy atom. The number of rotatable bonds is 6. The van der Waals surface area contributed by atoms with Crippen LogP contribution in [0.4, 0.5) is 0 Å². The van der Waals surface area contributed by atoms with Gasteiger partial charge in [0.15, 0.2) is 0 Å². The van der Waals surface area contributed by atoms with Crippen molar-refractivity contribution in [3.63, 3.8) is 0 Å². The third kappa shape index (κ3) is 3.10. The number of carboxylic acid groups (broad SMARTS) is 2. The first-order chi connectivity index (χ1) is 10.0. The standard InChI is InChI=1S/C15H16N2O4/c1-2-3-4-13-12(15(20)21)9-16-17(13)11-7-5-10(6-8-11)14(18)19/h5-9H,2-4H2,1H3,(H,18,19)(H,20,21). The van der Waals surface area contributed by atoms with Crippen molar-refractivity contribution >= 4 is 11.9 Å². The highest BCUT2D eigenvalue weighted by atomic mass is 16.4. The van der Waals surface area contributed by atoms with E-state index in [0.717, 1.165) is 12.8 Å². The number of benzene rings is 1. The number of unbranched alkanes of at least 4 members (excludes halogenated alkanes) is 1. The zero-order chi connectivity index (χ0) is 15.4. The Labute approximate surface area is 121 Å². The first-order valence-corrected chi connectivity index (χ1v) is 6.68. The molecule has 2 aromatic rings. The average Bonchev–Trinajstić information content (AvgIpc) is 2.89. The molecule has 0 amide bonds. The Kier molecular flexibility index (Phi) is 4.37. The topological polar surface area (TPSA) is 92.4 Å². The summed E-state index contributed by atoms with van der Waals surface area (Å²) in [6, 6.07) is 6.20. The molecule has 0 saturated carbocycles. The molecule has 0 atom stereocenters. The molecule has 6 heteroatoms. The van der Waals surface area contributed by atoms with Gasteiger partial charge in [0.1, 0.15) is 5.56 Å². The van der Waals surface area contributed by atoms with Crippen molar-refractivity contribution in [2.45, 2.75) is 26.2 Å². The van der Waals surface area contributed by atoms with E-state index in [1.165, 1.54) is 18.3 Å². The van der Waals surface area contributed by atoms with Crippen LogP contribution in [0.3, 0.4) is 0 Å². The highest BCUT2D eigenvalue weighted by Gasteiger charge is 2.17. The lowest BCUT2D eigenvalue weighted by Crippen LogP contribution is -2.07. The number of hydrogen-bond donors (Lipinski definition) is 2. The predicted octanol–water partition coefficient (Wildman–Crippen LogP) is 2.61. The Morgan fingerprint density at radius 3 is 2.33 bits per heavy atom. The molecule has 0 fully saturated rings. The van der Waals surface area contributed by atoms with Crippen LogP contribution in [-0.4, -0.2) is 31.9 Å². The zero-order valence-electron chi connectivity index (χ0n) is 11.6. The summed E-state index contributed by atoms with van der Waals surface area (Å²) in [5.74, 6) is -2.01. The molecule has 21 heavy (non-hydrogen) atoms. The normalized spacial score (nSPS) is 10.5. The molecule has 6 nitrogen and oxygen atoms in total. The van der Waals surface area contributed by atoms with Gasteiger partial charge in [0, 0.05) is 0 Å². The molecule has 0 aliphatic rings. The summed E-state index contributed by atoms with van der Waals surface area (Å²) in [5.41, 5.74) is 1.65. The van der Waals surface area contributed by atoms with Gasteiger partial charge in [0.2, 0.25) is 0 Å². The number of nitrogens with zero attached hydrogens (tertiary/aromatic N) is 2.